The van der Waals surface area contributed by atoms with E-state index in [0.29, 0.717) is 16.7 Å². The monoisotopic (exact) mass is 414 g/mol. The van der Waals surface area contributed by atoms with E-state index in [-0.39, 0.29) is 39.9 Å². The molecule has 6 heteroatoms. The SMILES string of the molecule is CC(C)(C)c1ccc(C(=O)Nc2c(N)cccc2C(=O)c2cccc(C(=N)N)c2)cc1. The van der Waals surface area contributed by atoms with E-state index in [4.69, 9.17) is 16.9 Å². The maximum absolute atomic E-state index is 13.1. The van der Waals surface area contributed by atoms with Gasteiger partial charge >= 0.3 is 0 Å². The van der Waals surface area contributed by atoms with E-state index in [0.717, 1.165) is 5.56 Å². The highest BCUT2D eigenvalue weighted by Gasteiger charge is 2.19. The highest BCUT2D eigenvalue weighted by molar-refractivity contribution is 6.17. The van der Waals surface area contributed by atoms with Gasteiger partial charge in [-0.05, 0) is 41.3 Å². The van der Waals surface area contributed by atoms with Gasteiger partial charge in [0.2, 0.25) is 0 Å². The molecule has 0 atom stereocenters. The number of para-hydroxylation sites is 1. The van der Waals surface area contributed by atoms with Crippen molar-refractivity contribution in [2.75, 3.05) is 11.1 Å². The molecule has 31 heavy (non-hydrogen) atoms. The largest absolute Gasteiger partial charge is 0.397 e. The number of amides is 1. The molecular weight excluding hydrogens is 388 g/mol. The number of hydrogen-bond donors (Lipinski definition) is 4. The van der Waals surface area contributed by atoms with E-state index in [1.165, 1.54) is 0 Å². The molecule has 0 unspecified atom stereocenters. The standard InChI is InChI=1S/C25H26N4O2/c1-25(2,3)18-12-10-15(11-13-18)24(31)29-21-19(8-5-9-20(21)26)22(30)16-6-4-7-17(14-16)23(27)28/h4-14H,26H2,1-3H3,(H3,27,28)(H,29,31). The van der Waals surface area contributed by atoms with Gasteiger partial charge in [-0.3, -0.25) is 15.0 Å². The van der Waals surface area contributed by atoms with Crippen molar-refractivity contribution < 1.29 is 9.59 Å². The van der Waals surface area contributed by atoms with Crippen LogP contribution in [0.3, 0.4) is 0 Å². The Morgan fingerprint density at radius 2 is 1.48 bits per heavy atom. The number of nitrogen functional groups attached to an aromatic ring is 2. The van der Waals surface area contributed by atoms with Crippen LogP contribution in [0.25, 0.3) is 0 Å². The Labute approximate surface area is 181 Å². The van der Waals surface area contributed by atoms with E-state index in [2.05, 4.69) is 26.1 Å². The summed E-state index contributed by atoms with van der Waals surface area (Å²) in [6.07, 6.45) is 0. The molecule has 3 aromatic rings. The average Bonchev–Trinajstić information content (AvgIpc) is 2.74. The summed E-state index contributed by atoms with van der Waals surface area (Å²) in [5.41, 5.74) is 14.8. The molecule has 0 saturated carbocycles. The van der Waals surface area contributed by atoms with E-state index in [9.17, 15) is 9.59 Å². The lowest BCUT2D eigenvalue weighted by molar-refractivity contribution is 0.102. The van der Waals surface area contributed by atoms with Crippen molar-refractivity contribution in [3.05, 3.63) is 94.5 Å². The Hall–Kier alpha value is -3.93. The highest BCUT2D eigenvalue weighted by Crippen LogP contribution is 2.27. The van der Waals surface area contributed by atoms with E-state index in [1.54, 1.807) is 54.6 Å². The molecule has 6 nitrogen and oxygen atoms in total. The molecule has 6 N–H and O–H groups in total. The fourth-order valence-corrected chi connectivity index (χ4v) is 3.19. The maximum Gasteiger partial charge on any atom is 0.255 e. The first-order valence-corrected chi connectivity index (χ1v) is 9.87. The molecule has 0 saturated heterocycles. The van der Waals surface area contributed by atoms with Crippen molar-refractivity contribution in [1.82, 2.24) is 0 Å². The molecule has 0 aliphatic heterocycles. The summed E-state index contributed by atoms with van der Waals surface area (Å²) in [5.74, 6) is -0.812. The fraction of sp³-hybridized carbons (Fsp3) is 0.160. The molecule has 3 aromatic carbocycles. The molecule has 0 bridgehead atoms. The molecule has 0 aromatic heterocycles. The first kappa shape index (κ1) is 21.8. The summed E-state index contributed by atoms with van der Waals surface area (Å²) in [4.78, 5) is 26.0. The van der Waals surface area contributed by atoms with Crippen molar-refractivity contribution in [2.24, 2.45) is 5.73 Å². The number of amidine groups is 1. The number of hydrogen-bond acceptors (Lipinski definition) is 4. The number of nitrogens with two attached hydrogens (primary N) is 2. The van der Waals surface area contributed by atoms with Crippen LogP contribution in [-0.4, -0.2) is 17.5 Å². The van der Waals surface area contributed by atoms with E-state index >= 15 is 0 Å². The van der Waals surface area contributed by atoms with Crippen LogP contribution >= 0.6 is 0 Å². The molecule has 0 heterocycles. The van der Waals surface area contributed by atoms with Crippen LogP contribution in [0.1, 0.15) is 58.2 Å². The van der Waals surface area contributed by atoms with Crippen LogP contribution in [0, 0.1) is 5.41 Å². The van der Waals surface area contributed by atoms with E-state index in [1.807, 2.05) is 12.1 Å². The van der Waals surface area contributed by atoms with Gasteiger partial charge in [-0.15, -0.1) is 0 Å². The summed E-state index contributed by atoms with van der Waals surface area (Å²) < 4.78 is 0. The van der Waals surface area contributed by atoms with Crippen LogP contribution in [0.5, 0.6) is 0 Å². The van der Waals surface area contributed by atoms with Crippen molar-refractivity contribution in [3.8, 4) is 0 Å². The first-order chi connectivity index (χ1) is 14.6. The number of rotatable bonds is 5. The number of ketones is 1. The van der Waals surface area contributed by atoms with Gasteiger partial charge in [0.05, 0.1) is 11.4 Å². The van der Waals surface area contributed by atoms with Crippen LogP contribution in [-0.2, 0) is 5.41 Å². The first-order valence-electron chi connectivity index (χ1n) is 9.87. The van der Waals surface area contributed by atoms with Crippen LogP contribution in [0.15, 0.2) is 66.7 Å². The minimum atomic E-state index is -0.357. The van der Waals surface area contributed by atoms with Gasteiger partial charge in [0.25, 0.3) is 5.91 Å². The molecular formula is C25H26N4O2. The number of carbonyl (C=O) groups excluding carboxylic acids is 2. The van der Waals surface area contributed by atoms with Crippen molar-refractivity contribution in [1.29, 1.82) is 5.41 Å². The minimum Gasteiger partial charge on any atom is -0.397 e. The number of nitrogens with one attached hydrogen (secondary N) is 2. The zero-order chi connectivity index (χ0) is 22.8. The van der Waals surface area contributed by atoms with Gasteiger partial charge in [0, 0.05) is 22.3 Å². The molecule has 3 rings (SSSR count). The number of carbonyl (C=O) groups is 2. The maximum atomic E-state index is 13.1. The molecule has 1 amide bonds. The normalized spacial score (nSPS) is 11.1. The smallest absolute Gasteiger partial charge is 0.255 e. The quantitative estimate of drug-likeness (QED) is 0.215. The topological polar surface area (TPSA) is 122 Å². The molecule has 0 spiro atoms. The molecule has 0 fully saturated rings. The van der Waals surface area contributed by atoms with Gasteiger partial charge in [0.15, 0.2) is 5.78 Å². The highest BCUT2D eigenvalue weighted by atomic mass is 16.2. The molecule has 0 radical (unpaired) electrons. The summed E-state index contributed by atoms with van der Waals surface area (Å²) in [5, 5.41) is 10.4. The van der Waals surface area contributed by atoms with Crippen molar-refractivity contribution >= 4 is 28.9 Å². The third kappa shape index (κ3) is 4.80. The summed E-state index contributed by atoms with van der Waals surface area (Å²) in [6.45, 7) is 6.31. The van der Waals surface area contributed by atoms with Gasteiger partial charge in [0.1, 0.15) is 5.84 Å². The lowest BCUT2D eigenvalue weighted by Gasteiger charge is -2.19. The van der Waals surface area contributed by atoms with Crippen molar-refractivity contribution in [2.45, 2.75) is 26.2 Å². The van der Waals surface area contributed by atoms with Gasteiger partial charge in [-0.25, -0.2) is 0 Å². The third-order valence-corrected chi connectivity index (χ3v) is 5.03. The van der Waals surface area contributed by atoms with Gasteiger partial charge in [-0.1, -0.05) is 57.2 Å². The third-order valence-electron chi connectivity index (χ3n) is 5.03. The number of anilines is 2. The molecule has 0 aliphatic carbocycles. The van der Waals surface area contributed by atoms with Crippen LogP contribution in [0.4, 0.5) is 11.4 Å². The van der Waals surface area contributed by atoms with Crippen LogP contribution < -0.4 is 16.8 Å². The minimum absolute atomic E-state index is 0.0210. The zero-order valence-corrected chi connectivity index (χ0v) is 17.8. The molecule has 158 valence electrons. The zero-order valence-electron chi connectivity index (χ0n) is 17.8. The summed E-state index contributed by atoms with van der Waals surface area (Å²) >= 11 is 0. The predicted molar refractivity (Wildman–Crippen MR) is 125 cm³/mol. The van der Waals surface area contributed by atoms with Crippen molar-refractivity contribution in [3.63, 3.8) is 0 Å². The Bertz CT molecular complexity index is 1160. The predicted octanol–water partition coefficient (Wildman–Crippen LogP) is 4.33. The Kier molecular flexibility index (Phi) is 5.92. The second-order valence-electron chi connectivity index (χ2n) is 8.37. The lowest BCUT2D eigenvalue weighted by atomic mass is 9.86. The Morgan fingerprint density at radius 3 is 2.10 bits per heavy atom. The Morgan fingerprint density at radius 1 is 0.871 bits per heavy atom. The average molecular weight is 415 g/mol. The van der Waals surface area contributed by atoms with Crippen LogP contribution in [0.2, 0.25) is 0 Å². The van der Waals surface area contributed by atoms with Gasteiger partial charge < -0.3 is 16.8 Å². The summed E-state index contributed by atoms with van der Waals surface area (Å²) in [6, 6.07) is 18.7. The lowest BCUT2D eigenvalue weighted by Crippen LogP contribution is -2.18. The molecule has 0 aliphatic rings. The fourth-order valence-electron chi connectivity index (χ4n) is 3.19. The van der Waals surface area contributed by atoms with E-state index < -0.39 is 0 Å². The second kappa shape index (κ2) is 8.44. The van der Waals surface area contributed by atoms with Gasteiger partial charge in [-0.2, -0.15) is 0 Å². The second-order valence-corrected chi connectivity index (χ2v) is 8.37. The Balaban J connectivity index is 1.93. The number of benzene rings is 3. The summed E-state index contributed by atoms with van der Waals surface area (Å²) in [7, 11) is 0.